The summed E-state index contributed by atoms with van der Waals surface area (Å²) >= 11 is 0. The normalized spacial score (nSPS) is 12.0. The summed E-state index contributed by atoms with van der Waals surface area (Å²) < 4.78 is 15.7. The minimum Gasteiger partial charge on any atom is -0.493 e. The van der Waals surface area contributed by atoms with Gasteiger partial charge in [0.25, 0.3) is 0 Å². The summed E-state index contributed by atoms with van der Waals surface area (Å²) in [5.41, 5.74) is 0. The number of benzene rings is 1. The monoisotopic (exact) mass is 212 g/mol. The van der Waals surface area contributed by atoms with Gasteiger partial charge in [0.1, 0.15) is 6.61 Å². The molecule has 1 N–H and O–H groups in total. The maximum atomic E-state index is 9.11. The van der Waals surface area contributed by atoms with E-state index in [1.807, 2.05) is 0 Å². The largest absolute Gasteiger partial charge is 0.493 e. The molecule has 15 heavy (non-hydrogen) atoms. The minimum absolute atomic E-state index is 0.226. The molecule has 4 heteroatoms. The first-order chi connectivity index (χ1) is 7.19. The lowest BCUT2D eigenvalue weighted by molar-refractivity contribution is 0.120. The Kier molecular flexibility index (Phi) is 4.24. The van der Waals surface area contributed by atoms with Crippen LogP contribution < -0.4 is 14.2 Å². The van der Waals surface area contributed by atoms with Crippen LogP contribution in [-0.4, -0.2) is 32.0 Å². The zero-order chi connectivity index (χ0) is 11.3. The van der Waals surface area contributed by atoms with Crippen LogP contribution in [0.3, 0.4) is 0 Å². The van der Waals surface area contributed by atoms with E-state index in [0.717, 1.165) is 0 Å². The quantitative estimate of drug-likeness (QED) is 0.802. The molecule has 0 aromatic heterocycles. The van der Waals surface area contributed by atoms with Gasteiger partial charge >= 0.3 is 0 Å². The van der Waals surface area contributed by atoms with Crippen LogP contribution in [0.15, 0.2) is 18.2 Å². The van der Waals surface area contributed by atoms with Crippen molar-refractivity contribution in [1.29, 1.82) is 0 Å². The highest BCUT2D eigenvalue weighted by atomic mass is 16.5. The van der Waals surface area contributed by atoms with Crippen molar-refractivity contribution >= 4 is 0 Å². The fourth-order valence-corrected chi connectivity index (χ4v) is 1.18. The Balaban J connectivity index is 2.86. The van der Waals surface area contributed by atoms with E-state index in [4.69, 9.17) is 19.3 Å². The Labute approximate surface area is 89.4 Å². The molecule has 1 rings (SSSR count). The number of hydrogen-bond donors (Lipinski definition) is 1. The standard InChI is InChI=1S/C11H16O4/c1-8(12)7-15-10-6-4-5-9(13-2)11(10)14-3/h4-6,8,12H,7H2,1-3H3. The Morgan fingerprint density at radius 1 is 1.20 bits per heavy atom. The fourth-order valence-electron chi connectivity index (χ4n) is 1.18. The predicted molar refractivity (Wildman–Crippen MR) is 56.7 cm³/mol. The van der Waals surface area contributed by atoms with Crippen molar-refractivity contribution in [3.8, 4) is 17.2 Å². The van der Waals surface area contributed by atoms with Crippen molar-refractivity contribution in [1.82, 2.24) is 0 Å². The van der Waals surface area contributed by atoms with Gasteiger partial charge in [0, 0.05) is 0 Å². The molecule has 0 aliphatic carbocycles. The summed E-state index contributed by atoms with van der Waals surface area (Å²) in [5.74, 6) is 1.72. The molecule has 0 spiro atoms. The number of aliphatic hydroxyl groups excluding tert-OH is 1. The Morgan fingerprint density at radius 2 is 1.87 bits per heavy atom. The van der Waals surface area contributed by atoms with Gasteiger partial charge < -0.3 is 19.3 Å². The first-order valence-electron chi connectivity index (χ1n) is 4.71. The molecule has 0 bridgehead atoms. The second-order valence-electron chi connectivity index (χ2n) is 3.15. The highest BCUT2D eigenvalue weighted by Gasteiger charge is 2.10. The third-order valence-electron chi connectivity index (χ3n) is 1.85. The lowest BCUT2D eigenvalue weighted by atomic mass is 10.3. The summed E-state index contributed by atoms with van der Waals surface area (Å²) in [6.45, 7) is 1.89. The van der Waals surface area contributed by atoms with Gasteiger partial charge in [-0.1, -0.05) is 6.07 Å². The molecule has 1 aromatic rings. The molecule has 84 valence electrons. The second-order valence-corrected chi connectivity index (χ2v) is 3.15. The number of aliphatic hydroxyl groups is 1. The van der Waals surface area contributed by atoms with Gasteiger partial charge in [0.05, 0.1) is 20.3 Å². The minimum atomic E-state index is -0.513. The number of methoxy groups -OCH3 is 2. The van der Waals surface area contributed by atoms with Gasteiger partial charge in [-0.3, -0.25) is 0 Å². The van der Waals surface area contributed by atoms with Crippen LogP contribution in [0.4, 0.5) is 0 Å². The van der Waals surface area contributed by atoms with E-state index in [1.54, 1.807) is 39.3 Å². The molecule has 4 nitrogen and oxygen atoms in total. The maximum absolute atomic E-state index is 9.11. The molecule has 0 fully saturated rings. The van der Waals surface area contributed by atoms with Crippen molar-refractivity contribution in [2.45, 2.75) is 13.0 Å². The molecule has 1 unspecified atom stereocenters. The summed E-state index contributed by atoms with van der Waals surface area (Å²) in [6, 6.07) is 5.36. The smallest absolute Gasteiger partial charge is 0.203 e. The van der Waals surface area contributed by atoms with Crippen LogP contribution in [0.2, 0.25) is 0 Å². The van der Waals surface area contributed by atoms with Crippen molar-refractivity contribution in [3.05, 3.63) is 18.2 Å². The first kappa shape index (κ1) is 11.7. The van der Waals surface area contributed by atoms with E-state index in [-0.39, 0.29) is 6.61 Å². The number of para-hydroxylation sites is 1. The number of rotatable bonds is 5. The molecular formula is C11H16O4. The highest BCUT2D eigenvalue weighted by Crippen LogP contribution is 2.36. The highest BCUT2D eigenvalue weighted by molar-refractivity contribution is 5.50. The zero-order valence-corrected chi connectivity index (χ0v) is 9.19. The first-order valence-corrected chi connectivity index (χ1v) is 4.71. The van der Waals surface area contributed by atoms with Crippen LogP contribution in [-0.2, 0) is 0 Å². The summed E-state index contributed by atoms with van der Waals surface area (Å²) in [6.07, 6.45) is -0.513. The van der Waals surface area contributed by atoms with Gasteiger partial charge in [-0.2, -0.15) is 0 Å². The molecule has 0 heterocycles. The van der Waals surface area contributed by atoms with E-state index in [2.05, 4.69) is 0 Å². The van der Waals surface area contributed by atoms with Crippen LogP contribution in [0.25, 0.3) is 0 Å². The Bertz CT molecular complexity index is 309. The summed E-state index contributed by atoms with van der Waals surface area (Å²) in [7, 11) is 3.11. The Hall–Kier alpha value is -1.42. The number of ether oxygens (including phenoxy) is 3. The average molecular weight is 212 g/mol. The molecule has 0 aliphatic rings. The SMILES string of the molecule is COc1cccc(OCC(C)O)c1OC. The zero-order valence-electron chi connectivity index (χ0n) is 9.19. The van der Waals surface area contributed by atoms with Crippen molar-refractivity contribution in [2.75, 3.05) is 20.8 Å². The van der Waals surface area contributed by atoms with Crippen LogP contribution in [0, 0.1) is 0 Å². The summed E-state index contributed by atoms with van der Waals surface area (Å²) in [5, 5.41) is 9.11. The van der Waals surface area contributed by atoms with Gasteiger partial charge in [-0.25, -0.2) is 0 Å². The van der Waals surface area contributed by atoms with Crippen molar-refractivity contribution < 1.29 is 19.3 Å². The van der Waals surface area contributed by atoms with Gasteiger partial charge in [0.15, 0.2) is 11.5 Å². The molecule has 0 radical (unpaired) electrons. The average Bonchev–Trinajstić information content (AvgIpc) is 2.25. The van der Waals surface area contributed by atoms with Gasteiger partial charge in [-0.05, 0) is 19.1 Å². The molecule has 0 saturated carbocycles. The van der Waals surface area contributed by atoms with E-state index < -0.39 is 6.10 Å². The van der Waals surface area contributed by atoms with Gasteiger partial charge in [0.2, 0.25) is 5.75 Å². The van der Waals surface area contributed by atoms with Crippen LogP contribution >= 0.6 is 0 Å². The van der Waals surface area contributed by atoms with Crippen LogP contribution in [0.1, 0.15) is 6.92 Å². The molecular weight excluding hydrogens is 196 g/mol. The lowest BCUT2D eigenvalue weighted by Crippen LogP contribution is -2.13. The maximum Gasteiger partial charge on any atom is 0.203 e. The molecule has 0 aliphatic heterocycles. The summed E-state index contributed by atoms with van der Waals surface area (Å²) in [4.78, 5) is 0. The predicted octanol–water partition coefficient (Wildman–Crippen LogP) is 1.46. The fraction of sp³-hybridized carbons (Fsp3) is 0.455. The van der Waals surface area contributed by atoms with E-state index in [1.165, 1.54) is 0 Å². The number of hydrogen-bond acceptors (Lipinski definition) is 4. The Morgan fingerprint density at radius 3 is 2.40 bits per heavy atom. The van der Waals surface area contributed by atoms with Crippen molar-refractivity contribution in [2.24, 2.45) is 0 Å². The van der Waals surface area contributed by atoms with E-state index in [0.29, 0.717) is 17.2 Å². The molecule has 1 aromatic carbocycles. The molecule has 0 saturated heterocycles. The van der Waals surface area contributed by atoms with E-state index >= 15 is 0 Å². The third-order valence-corrected chi connectivity index (χ3v) is 1.85. The van der Waals surface area contributed by atoms with Gasteiger partial charge in [-0.15, -0.1) is 0 Å². The third kappa shape index (κ3) is 3.02. The van der Waals surface area contributed by atoms with Crippen LogP contribution in [0.5, 0.6) is 17.2 Å². The molecule has 0 amide bonds. The second kappa shape index (κ2) is 5.46. The van der Waals surface area contributed by atoms with Crippen molar-refractivity contribution in [3.63, 3.8) is 0 Å². The topological polar surface area (TPSA) is 47.9 Å². The lowest BCUT2D eigenvalue weighted by Gasteiger charge is -2.14. The molecule has 1 atom stereocenters. The van der Waals surface area contributed by atoms with E-state index in [9.17, 15) is 0 Å².